The number of halogens is 2. The lowest BCUT2D eigenvalue weighted by Gasteiger charge is -2.34. The van der Waals surface area contributed by atoms with Crippen molar-refractivity contribution < 1.29 is 18.7 Å². The number of carbonyl (C=O) groups excluding carboxylic acids is 1. The fourth-order valence-corrected chi connectivity index (χ4v) is 2.94. The quantitative estimate of drug-likeness (QED) is 0.668. The molecule has 1 unspecified atom stereocenters. The Morgan fingerprint density at radius 3 is 2.50 bits per heavy atom. The van der Waals surface area contributed by atoms with Crippen LogP contribution < -0.4 is 15.5 Å². The molecule has 0 aliphatic carbocycles. The number of anilines is 1. The lowest BCUT2D eigenvalue weighted by molar-refractivity contribution is -0.125. The summed E-state index contributed by atoms with van der Waals surface area (Å²) in [5.41, 5.74) is -0.0854. The van der Waals surface area contributed by atoms with Gasteiger partial charge < -0.3 is 20.6 Å². The van der Waals surface area contributed by atoms with Crippen LogP contribution in [-0.2, 0) is 4.79 Å². The van der Waals surface area contributed by atoms with Crippen LogP contribution in [0.2, 0.25) is 0 Å². The fraction of sp³-hybridized carbons (Fsp3) is 0.471. The number of rotatable bonds is 1. The molecule has 0 aromatic heterocycles. The maximum Gasteiger partial charge on any atom is 0.225 e. The van der Waals surface area contributed by atoms with E-state index in [0.29, 0.717) is 0 Å². The van der Waals surface area contributed by atoms with Crippen molar-refractivity contribution in [3.8, 4) is 11.8 Å². The van der Waals surface area contributed by atoms with Crippen LogP contribution in [0.4, 0.5) is 14.5 Å². The highest BCUT2D eigenvalue weighted by atomic mass is 19.1. The van der Waals surface area contributed by atoms with Gasteiger partial charge in [-0.15, -0.1) is 0 Å². The fourth-order valence-electron chi connectivity index (χ4n) is 2.94. The van der Waals surface area contributed by atoms with Gasteiger partial charge in [-0.25, -0.2) is 8.78 Å². The molecule has 2 aliphatic rings. The first-order valence-corrected chi connectivity index (χ1v) is 8.00. The van der Waals surface area contributed by atoms with E-state index in [1.807, 2.05) is 0 Å². The molecule has 0 bridgehead atoms. The van der Waals surface area contributed by atoms with Gasteiger partial charge in [0.15, 0.2) is 11.6 Å². The van der Waals surface area contributed by atoms with Crippen LogP contribution in [-0.4, -0.2) is 37.0 Å². The Hall–Kier alpha value is -2.17. The number of nitrogens with one attached hydrogen (secondary N) is 2. The summed E-state index contributed by atoms with van der Waals surface area (Å²) < 4.78 is 28.7. The van der Waals surface area contributed by atoms with Crippen LogP contribution in [0.5, 0.6) is 0 Å². The van der Waals surface area contributed by atoms with Crippen LogP contribution in [0.1, 0.15) is 24.8 Å². The monoisotopic (exact) mass is 335 g/mol. The number of hydrogen-bond donors (Lipinski definition) is 3. The van der Waals surface area contributed by atoms with E-state index >= 15 is 0 Å². The molecular formula is C17H19F2N3O2. The van der Waals surface area contributed by atoms with Crippen LogP contribution in [0.3, 0.4) is 0 Å². The Balaban J connectivity index is 1.81. The Kier molecular flexibility index (Phi) is 4.97. The minimum atomic E-state index is -1.44. The minimum Gasteiger partial charge on any atom is -0.356 e. The average Bonchev–Trinajstić information content (AvgIpc) is 2.55. The Morgan fingerprint density at radius 2 is 1.88 bits per heavy atom. The van der Waals surface area contributed by atoms with Crippen LogP contribution in [0, 0.1) is 29.4 Å². The molecule has 1 aromatic rings. The van der Waals surface area contributed by atoms with E-state index in [2.05, 4.69) is 22.5 Å². The summed E-state index contributed by atoms with van der Waals surface area (Å²) in [5, 5.41) is 15.3. The molecular weight excluding hydrogens is 316 g/mol. The first-order chi connectivity index (χ1) is 11.5. The molecule has 1 atom stereocenters. The standard InChI is InChI=1S/C17H19F2N3O2/c18-13-9-12(2-1-11-3-6-20-7-4-11)10-14(19)16(13)22-8-5-15(23)21-17(22)24/h9-11,17,20,24H,3-8H2,(H,21,23). The zero-order chi connectivity index (χ0) is 17.1. The number of aliphatic hydroxyl groups is 1. The highest BCUT2D eigenvalue weighted by Crippen LogP contribution is 2.27. The van der Waals surface area contributed by atoms with Crippen molar-refractivity contribution in [1.82, 2.24) is 10.6 Å². The predicted molar refractivity (Wildman–Crippen MR) is 84.9 cm³/mol. The SMILES string of the molecule is O=C1CCN(c2c(F)cc(C#CC3CCNCC3)cc2F)C(O)N1. The molecule has 7 heteroatoms. The van der Waals surface area contributed by atoms with Gasteiger partial charge in [0.2, 0.25) is 12.3 Å². The number of hydrogen-bond acceptors (Lipinski definition) is 4. The first kappa shape index (κ1) is 16.7. The number of carbonyl (C=O) groups is 1. The van der Waals surface area contributed by atoms with Crippen molar-refractivity contribution in [2.45, 2.75) is 25.6 Å². The molecule has 3 N–H and O–H groups in total. The van der Waals surface area contributed by atoms with Gasteiger partial charge in [0.25, 0.3) is 0 Å². The van der Waals surface area contributed by atoms with Crippen LogP contribution in [0.25, 0.3) is 0 Å². The van der Waals surface area contributed by atoms with Gasteiger partial charge in [-0.05, 0) is 38.1 Å². The second kappa shape index (κ2) is 7.16. The van der Waals surface area contributed by atoms with Gasteiger partial charge in [0, 0.05) is 24.4 Å². The average molecular weight is 335 g/mol. The third-order valence-corrected chi connectivity index (χ3v) is 4.23. The first-order valence-electron chi connectivity index (χ1n) is 8.00. The van der Waals surface area contributed by atoms with Gasteiger partial charge in [-0.1, -0.05) is 11.8 Å². The number of nitrogens with zero attached hydrogens (tertiary/aromatic N) is 1. The summed E-state index contributed by atoms with van der Waals surface area (Å²) in [7, 11) is 0. The second-order valence-electron chi connectivity index (χ2n) is 5.97. The van der Waals surface area contributed by atoms with Gasteiger partial charge in [0.1, 0.15) is 5.69 Å². The van der Waals surface area contributed by atoms with Gasteiger partial charge in [0.05, 0.1) is 0 Å². The van der Waals surface area contributed by atoms with E-state index < -0.39 is 18.0 Å². The predicted octanol–water partition coefficient (Wildman–Crippen LogP) is 0.918. The minimum absolute atomic E-state index is 0.0426. The summed E-state index contributed by atoms with van der Waals surface area (Å²) in [6.07, 6.45) is 0.473. The van der Waals surface area contributed by atoms with E-state index in [1.165, 1.54) is 0 Å². The molecule has 2 aliphatic heterocycles. The molecule has 2 heterocycles. The Labute approximate surface area is 139 Å². The molecule has 2 saturated heterocycles. The summed E-state index contributed by atoms with van der Waals surface area (Å²) in [6.45, 7) is 1.85. The Morgan fingerprint density at radius 1 is 1.21 bits per heavy atom. The van der Waals surface area contributed by atoms with Crippen molar-refractivity contribution in [2.24, 2.45) is 5.92 Å². The van der Waals surface area contributed by atoms with E-state index in [0.717, 1.165) is 43.0 Å². The van der Waals surface area contributed by atoms with Crippen molar-refractivity contribution >= 4 is 11.6 Å². The summed E-state index contributed by atoms with van der Waals surface area (Å²) in [6, 6.07) is 2.32. The van der Waals surface area contributed by atoms with E-state index in [4.69, 9.17) is 0 Å². The number of benzene rings is 1. The third-order valence-electron chi connectivity index (χ3n) is 4.23. The van der Waals surface area contributed by atoms with Crippen molar-refractivity contribution in [3.63, 3.8) is 0 Å². The smallest absolute Gasteiger partial charge is 0.225 e. The molecule has 2 fully saturated rings. The largest absolute Gasteiger partial charge is 0.356 e. The summed E-state index contributed by atoms with van der Waals surface area (Å²) >= 11 is 0. The zero-order valence-electron chi connectivity index (χ0n) is 13.1. The topological polar surface area (TPSA) is 64.6 Å². The van der Waals surface area contributed by atoms with Crippen molar-refractivity contribution in [2.75, 3.05) is 24.5 Å². The van der Waals surface area contributed by atoms with Gasteiger partial charge in [-0.2, -0.15) is 0 Å². The molecule has 5 nitrogen and oxygen atoms in total. The van der Waals surface area contributed by atoms with Gasteiger partial charge >= 0.3 is 0 Å². The molecule has 0 spiro atoms. The van der Waals surface area contributed by atoms with Crippen LogP contribution in [0.15, 0.2) is 12.1 Å². The third kappa shape index (κ3) is 3.66. The number of aliphatic hydroxyl groups excluding tert-OH is 1. The van der Waals surface area contributed by atoms with E-state index in [-0.39, 0.29) is 36.0 Å². The normalized spacial score (nSPS) is 21.9. The van der Waals surface area contributed by atoms with Crippen molar-refractivity contribution in [3.05, 3.63) is 29.3 Å². The number of piperidine rings is 1. The van der Waals surface area contributed by atoms with Crippen LogP contribution >= 0.6 is 0 Å². The molecule has 24 heavy (non-hydrogen) atoms. The van der Waals surface area contributed by atoms with E-state index in [1.54, 1.807) is 0 Å². The lowest BCUT2D eigenvalue weighted by atomic mass is 9.98. The highest BCUT2D eigenvalue weighted by molar-refractivity contribution is 5.78. The van der Waals surface area contributed by atoms with E-state index in [9.17, 15) is 18.7 Å². The lowest BCUT2D eigenvalue weighted by Crippen LogP contribution is -2.54. The summed E-state index contributed by atoms with van der Waals surface area (Å²) in [4.78, 5) is 12.3. The zero-order valence-corrected chi connectivity index (χ0v) is 13.1. The highest BCUT2D eigenvalue weighted by Gasteiger charge is 2.28. The second-order valence-corrected chi connectivity index (χ2v) is 5.97. The van der Waals surface area contributed by atoms with Crippen molar-refractivity contribution in [1.29, 1.82) is 0 Å². The summed E-state index contributed by atoms with van der Waals surface area (Å²) in [5.74, 6) is 4.16. The molecule has 128 valence electrons. The molecule has 1 aromatic carbocycles. The molecule has 1 amide bonds. The molecule has 0 radical (unpaired) electrons. The molecule has 0 saturated carbocycles. The van der Waals surface area contributed by atoms with Gasteiger partial charge in [-0.3, -0.25) is 4.79 Å². The number of amides is 1. The maximum absolute atomic E-state index is 14.3. The maximum atomic E-state index is 14.3. The Bertz CT molecular complexity index is 670. The molecule has 3 rings (SSSR count).